The highest BCUT2D eigenvalue weighted by Gasteiger charge is 2.32. The minimum absolute atomic E-state index is 5.62. The zero-order valence-corrected chi connectivity index (χ0v) is 4.20. The van der Waals surface area contributed by atoms with Crippen LogP contribution < -0.4 is 9.79 Å². The van der Waals surface area contributed by atoms with E-state index in [-0.39, 0.29) is 0 Å². The lowest BCUT2D eigenvalue weighted by Crippen LogP contribution is -2.27. The Morgan fingerprint density at radius 2 is 1.38 bits per heavy atom. The normalized spacial score (nSPS) is 14.1. The Labute approximate surface area is 42.3 Å². The second kappa shape index (κ2) is 1.72. The van der Waals surface area contributed by atoms with Gasteiger partial charge in [-0.3, -0.25) is 0 Å². The lowest BCUT2D eigenvalue weighted by molar-refractivity contribution is -0.344. The van der Waals surface area contributed by atoms with Crippen molar-refractivity contribution in [2.45, 2.75) is 5.92 Å². The van der Waals surface area contributed by atoms with Crippen LogP contribution in [-0.4, -0.2) is 5.92 Å². The van der Waals surface area contributed by atoms with E-state index in [1.54, 1.807) is 0 Å². The minimum Gasteiger partial charge on any atom is -0.804 e. The average Bonchev–Trinajstić information content (AvgIpc) is 1.25. The molecule has 0 unspecified atom stereocenters. The summed E-state index contributed by atoms with van der Waals surface area (Å²) < 4.78 is 41.0. The van der Waals surface area contributed by atoms with Gasteiger partial charge in [-0.1, -0.05) is 0 Å². The van der Waals surface area contributed by atoms with Crippen molar-refractivity contribution in [1.29, 1.82) is 0 Å². The van der Waals surface area contributed by atoms with Gasteiger partial charge < -0.3 is 14.4 Å². The molecule has 50 valence electrons. The third-order valence-corrected chi connectivity index (χ3v) is 0.932. The summed E-state index contributed by atoms with van der Waals surface area (Å²) in [5, 5.41) is 0. The molecular formula is CF3O3P-2. The Bertz CT molecular complexity index is 121. The van der Waals surface area contributed by atoms with E-state index >= 15 is 0 Å². The number of hydrogen-bond donors (Lipinski definition) is 0. The van der Waals surface area contributed by atoms with Gasteiger partial charge in [-0.25, -0.2) is 0 Å². The van der Waals surface area contributed by atoms with Gasteiger partial charge in [0, 0.05) is 7.60 Å². The van der Waals surface area contributed by atoms with Gasteiger partial charge in [0.25, 0.3) is 0 Å². The Kier molecular flexibility index (Phi) is 1.70. The Morgan fingerprint density at radius 1 is 1.25 bits per heavy atom. The van der Waals surface area contributed by atoms with Gasteiger partial charge in [-0.05, 0) is 0 Å². The maximum atomic E-state index is 10.7. The molecule has 0 aromatic carbocycles. The largest absolute Gasteiger partial charge is 0.804 e. The molecular weight excluding hydrogens is 148 g/mol. The summed E-state index contributed by atoms with van der Waals surface area (Å²) in [6.45, 7) is 0. The summed E-state index contributed by atoms with van der Waals surface area (Å²) in [6, 6.07) is 0. The molecule has 0 heterocycles. The van der Waals surface area contributed by atoms with Crippen LogP contribution in [0.3, 0.4) is 0 Å². The van der Waals surface area contributed by atoms with Crippen molar-refractivity contribution in [1.82, 2.24) is 0 Å². The van der Waals surface area contributed by atoms with Crippen molar-refractivity contribution in [3.8, 4) is 0 Å². The molecule has 0 aromatic rings. The van der Waals surface area contributed by atoms with Crippen LogP contribution >= 0.6 is 7.60 Å². The van der Waals surface area contributed by atoms with Crippen molar-refractivity contribution in [3.05, 3.63) is 0 Å². The van der Waals surface area contributed by atoms with Gasteiger partial charge in [0.1, 0.15) is 0 Å². The number of hydrogen-bond acceptors (Lipinski definition) is 3. The van der Waals surface area contributed by atoms with Gasteiger partial charge in [0.05, 0.1) is 0 Å². The summed E-state index contributed by atoms with van der Waals surface area (Å²) >= 11 is 0. The smallest absolute Gasteiger partial charge is 0.412 e. The van der Waals surface area contributed by atoms with E-state index in [0.29, 0.717) is 0 Å². The molecule has 0 aliphatic heterocycles. The van der Waals surface area contributed by atoms with Crippen LogP contribution in [0.15, 0.2) is 0 Å². The lowest BCUT2D eigenvalue weighted by atomic mass is 11.6. The highest BCUT2D eigenvalue weighted by molar-refractivity contribution is 7.49. The van der Waals surface area contributed by atoms with Gasteiger partial charge >= 0.3 is 5.92 Å². The summed E-state index contributed by atoms with van der Waals surface area (Å²) in [5.41, 5.74) is 0. The number of alkyl halides is 3. The molecule has 0 bridgehead atoms. The molecule has 8 heavy (non-hydrogen) atoms. The fourth-order valence-corrected chi connectivity index (χ4v) is 0. The van der Waals surface area contributed by atoms with Crippen LogP contribution in [0, 0.1) is 0 Å². The number of rotatable bonds is 0. The number of halogens is 3. The SMILES string of the molecule is O=P([O-])([O-])C(F)(F)F. The third kappa shape index (κ3) is 1.81. The monoisotopic (exact) mass is 148 g/mol. The predicted molar refractivity (Wildman–Crippen MR) is 13.7 cm³/mol. The Hall–Kier alpha value is -0.0600. The Morgan fingerprint density at radius 3 is 1.38 bits per heavy atom. The molecule has 0 saturated carbocycles. The van der Waals surface area contributed by atoms with Crippen LogP contribution in [0.1, 0.15) is 0 Å². The van der Waals surface area contributed by atoms with E-state index < -0.39 is 13.5 Å². The molecule has 0 aromatic heterocycles. The van der Waals surface area contributed by atoms with Crippen molar-refractivity contribution < 1.29 is 27.5 Å². The molecule has 0 saturated heterocycles. The minimum atomic E-state index is -6.35. The van der Waals surface area contributed by atoms with Crippen LogP contribution in [-0.2, 0) is 4.57 Å². The molecule has 0 amide bonds. The lowest BCUT2D eigenvalue weighted by Gasteiger charge is -2.30. The first-order valence-corrected chi connectivity index (χ1v) is 2.88. The maximum absolute atomic E-state index is 10.7. The fourth-order valence-electron chi connectivity index (χ4n) is 0. The van der Waals surface area contributed by atoms with Crippen LogP contribution in [0.2, 0.25) is 0 Å². The summed E-state index contributed by atoms with van der Waals surface area (Å²) in [6.07, 6.45) is 0. The highest BCUT2D eigenvalue weighted by Crippen LogP contribution is 2.46. The first-order valence-electron chi connectivity index (χ1n) is 1.34. The highest BCUT2D eigenvalue weighted by atomic mass is 31.2. The zero-order chi connectivity index (χ0) is 7.00. The summed E-state index contributed by atoms with van der Waals surface area (Å²) in [7, 11) is -6.35. The van der Waals surface area contributed by atoms with Gasteiger partial charge in [-0.2, -0.15) is 13.2 Å². The Balaban J connectivity index is 4.26. The average molecular weight is 148 g/mol. The first kappa shape index (κ1) is 7.94. The van der Waals surface area contributed by atoms with E-state index in [0.717, 1.165) is 0 Å². The quantitative estimate of drug-likeness (QED) is 0.431. The molecule has 0 rings (SSSR count). The molecule has 0 radical (unpaired) electrons. The van der Waals surface area contributed by atoms with Crippen LogP contribution in [0.25, 0.3) is 0 Å². The summed E-state index contributed by atoms with van der Waals surface area (Å²) in [4.78, 5) is 18.0. The van der Waals surface area contributed by atoms with Gasteiger partial charge in [0.2, 0.25) is 0 Å². The van der Waals surface area contributed by atoms with Crippen LogP contribution in [0.4, 0.5) is 13.2 Å². The van der Waals surface area contributed by atoms with E-state index in [1.165, 1.54) is 0 Å². The topological polar surface area (TPSA) is 63.2 Å². The van der Waals surface area contributed by atoms with Crippen molar-refractivity contribution in [3.63, 3.8) is 0 Å². The molecule has 0 fully saturated rings. The van der Waals surface area contributed by atoms with Crippen LogP contribution in [0.5, 0.6) is 0 Å². The molecule has 0 aliphatic rings. The van der Waals surface area contributed by atoms with E-state index in [9.17, 15) is 13.2 Å². The van der Waals surface area contributed by atoms with Gasteiger partial charge in [0.15, 0.2) is 0 Å². The van der Waals surface area contributed by atoms with E-state index in [4.69, 9.17) is 14.4 Å². The first-order chi connectivity index (χ1) is 3.25. The maximum Gasteiger partial charge on any atom is 0.412 e. The molecule has 7 heteroatoms. The molecule has 0 N–H and O–H groups in total. The second-order valence-corrected chi connectivity index (χ2v) is 2.47. The van der Waals surface area contributed by atoms with E-state index in [1.807, 2.05) is 0 Å². The molecule has 3 nitrogen and oxygen atoms in total. The molecule has 0 spiro atoms. The second-order valence-electron chi connectivity index (χ2n) is 0.965. The predicted octanol–water partition coefficient (Wildman–Crippen LogP) is -0.580. The van der Waals surface area contributed by atoms with Crippen molar-refractivity contribution in [2.24, 2.45) is 0 Å². The van der Waals surface area contributed by atoms with E-state index in [2.05, 4.69) is 0 Å². The zero-order valence-electron chi connectivity index (χ0n) is 3.31. The van der Waals surface area contributed by atoms with Gasteiger partial charge in [-0.15, -0.1) is 0 Å². The third-order valence-electron chi connectivity index (χ3n) is 0.311. The van der Waals surface area contributed by atoms with Crippen molar-refractivity contribution >= 4 is 7.60 Å². The molecule has 0 aliphatic carbocycles. The standard InChI is InChI=1S/CH2F3O3P/c2-1(3,4)8(5,6)7/h(H2,5,6,7)/p-2. The van der Waals surface area contributed by atoms with Crippen molar-refractivity contribution in [2.75, 3.05) is 0 Å². The molecule has 0 atom stereocenters. The summed E-state index contributed by atoms with van der Waals surface area (Å²) in [5.74, 6) is -5.62. The fraction of sp³-hybridized carbons (Fsp3) is 1.00.